The standard InChI is InChI=1S/C25H30N4O6S/c1-6-16(4)28-36(33,34)21-14-18(26-23(30)15(2)3)12-13-20(21)35-24-17(5)22(25(31)32)27-29(24)19-10-8-7-9-11-19/h7-16,28H,6H2,1-5H3,(H,26,30)(H,31,32)/t16-/m1/s1. The van der Waals surface area contributed by atoms with E-state index >= 15 is 0 Å². The summed E-state index contributed by atoms with van der Waals surface area (Å²) in [6.07, 6.45) is 0.557. The third-order valence-electron chi connectivity index (χ3n) is 5.47. The number of carboxylic acids is 1. The number of nitrogens with one attached hydrogen (secondary N) is 2. The fourth-order valence-corrected chi connectivity index (χ4v) is 4.71. The van der Waals surface area contributed by atoms with Crippen LogP contribution in [0.4, 0.5) is 5.69 Å². The molecule has 3 rings (SSSR count). The molecule has 1 amide bonds. The number of ether oxygens (including phenoxy) is 1. The van der Waals surface area contributed by atoms with Crippen LogP contribution in [0.1, 0.15) is 50.2 Å². The summed E-state index contributed by atoms with van der Waals surface area (Å²) in [6, 6.07) is 12.7. The highest BCUT2D eigenvalue weighted by molar-refractivity contribution is 7.89. The van der Waals surface area contributed by atoms with Crippen LogP contribution in [0.25, 0.3) is 5.69 Å². The molecule has 0 unspecified atom stereocenters. The largest absolute Gasteiger partial charge is 0.476 e. The maximum atomic E-state index is 13.3. The molecule has 0 aliphatic rings. The number of hydrogen-bond donors (Lipinski definition) is 3. The van der Waals surface area contributed by atoms with Gasteiger partial charge in [-0.25, -0.2) is 17.9 Å². The van der Waals surface area contributed by atoms with Crippen LogP contribution < -0.4 is 14.8 Å². The topological polar surface area (TPSA) is 140 Å². The smallest absolute Gasteiger partial charge is 0.356 e. The lowest BCUT2D eigenvalue weighted by Gasteiger charge is -2.18. The number of carboxylic acid groups (broad SMARTS) is 1. The van der Waals surface area contributed by atoms with Gasteiger partial charge in [0.05, 0.1) is 5.69 Å². The number of amides is 1. The Morgan fingerprint density at radius 3 is 2.36 bits per heavy atom. The van der Waals surface area contributed by atoms with Crippen LogP contribution in [0.3, 0.4) is 0 Å². The van der Waals surface area contributed by atoms with Crippen molar-refractivity contribution in [1.82, 2.24) is 14.5 Å². The Morgan fingerprint density at radius 1 is 1.11 bits per heavy atom. The number of carbonyl (C=O) groups is 2. The zero-order valence-electron chi connectivity index (χ0n) is 20.8. The number of aromatic nitrogens is 2. The molecule has 0 saturated heterocycles. The Balaban J connectivity index is 2.16. The Kier molecular flexibility index (Phi) is 8.16. The minimum absolute atomic E-state index is 0.0505. The van der Waals surface area contributed by atoms with Crippen molar-refractivity contribution in [2.45, 2.75) is 52.0 Å². The number of anilines is 1. The highest BCUT2D eigenvalue weighted by Gasteiger charge is 2.27. The van der Waals surface area contributed by atoms with Gasteiger partial charge in [0.1, 0.15) is 10.6 Å². The number of nitrogens with zero attached hydrogens (tertiary/aromatic N) is 2. The van der Waals surface area contributed by atoms with Crippen molar-refractivity contribution in [3.63, 3.8) is 0 Å². The van der Waals surface area contributed by atoms with Crippen molar-refractivity contribution in [1.29, 1.82) is 0 Å². The maximum Gasteiger partial charge on any atom is 0.356 e. The van der Waals surface area contributed by atoms with Crippen LogP contribution in [-0.2, 0) is 14.8 Å². The van der Waals surface area contributed by atoms with Crippen LogP contribution in [0, 0.1) is 12.8 Å². The van der Waals surface area contributed by atoms with E-state index < -0.39 is 16.0 Å². The fourth-order valence-electron chi connectivity index (χ4n) is 3.23. The molecule has 0 bridgehead atoms. The van der Waals surface area contributed by atoms with Crippen LogP contribution in [0.5, 0.6) is 11.6 Å². The van der Waals surface area contributed by atoms with Gasteiger partial charge in [-0.3, -0.25) is 4.79 Å². The van der Waals surface area contributed by atoms with Crippen LogP contribution in [0.2, 0.25) is 0 Å². The third kappa shape index (κ3) is 5.92. The van der Waals surface area contributed by atoms with Gasteiger partial charge >= 0.3 is 5.97 Å². The van der Waals surface area contributed by atoms with Gasteiger partial charge in [0.15, 0.2) is 5.69 Å². The van der Waals surface area contributed by atoms with E-state index in [1.54, 1.807) is 51.1 Å². The first-order chi connectivity index (χ1) is 16.9. The van der Waals surface area contributed by atoms with E-state index in [0.717, 1.165) is 0 Å². The Bertz CT molecular complexity index is 1370. The summed E-state index contributed by atoms with van der Waals surface area (Å²) in [5, 5.41) is 16.5. The summed E-state index contributed by atoms with van der Waals surface area (Å²) < 4.78 is 36.6. The van der Waals surface area contributed by atoms with Gasteiger partial charge in [0.25, 0.3) is 0 Å². The molecule has 0 saturated carbocycles. The molecule has 192 valence electrons. The zero-order chi connectivity index (χ0) is 26.6. The zero-order valence-corrected chi connectivity index (χ0v) is 21.6. The molecule has 2 aromatic carbocycles. The van der Waals surface area contributed by atoms with E-state index in [1.807, 2.05) is 6.92 Å². The molecule has 1 atom stereocenters. The van der Waals surface area contributed by atoms with Gasteiger partial charge in [-0.05, 0) is 50.6 Å². The predicted molar refractivity (Wildman–Crippen MR) is 135 cm³/mol. The van der Waals surface area contributed by atoms with E-state index in [4.69, 9.17) is 4.74 Å². The highest BCUT2D eigenvalue weighted by atomic mass is 32.2. The van der Waals surface area contributed by atoms with Crippen LogP contribution >= 0.6 is 0 Å². The summed E-state index contributed by atoms with van der Waals surface area (Å²) in [7, 11) is -4.07. The molecule has 3 aromatic rings. The van der Waals surface area contributed by atoms with Crippen molar-refractivity contribution in [3.05, 3.63) is 59.8 Å². The first-order valence-corrected chi connectivity index (χ1v) is 13.0. The van der Waals surface area contributed by atoms with E-state index in [-0.39, 0.29) is 51.3 Å². The number of hydrogen-bond acceptors (Lipinski definition) is 6. The molecule has 36 heavy (non-hydrogen) atoms. The summed E-state index contributed by atoms with van der Waals surface area (Å²) in [4.78, 5) is 23.8. The average Bonchev–Trinajstić information content (AvgIpc) is 3.16. The van der Waals surface area contributed by atoms with E-state index in [9.17, 15) is 23.1 Å². The lowest BCUT2D eigenvalue weighted by Crippen LogP contribution is -2.32. The lowest BCUT2D eigenvalue weighted by molar-refractivity contribution is -0.118. The molecule has 11 heteroatoms. The number of carbonyl (C=O) groups excluding carboxylic acids is 1. The predicted octanol–water partition coefficient (Wildman–Crippen LogP) is 4.34. The summed E-state index contributed by atoms with van der Waals surface area (Å²) >= 11 is 0. The first kappa shape index (κ1) is 26.9. The van der Waals surface area contributed by atoms with E-state index in [2.05, 4.69) is 15.1 Å². The van der Waals surface area contributed by atoms with E-state index in [0.29, 0.717) is 12.1 Å². The Labute approximate surface area is 210 Å². The van der Waals surface area contributed by atoms with Crippen molar-refractivity contribution < 1.29 is 27.9 Å². The van der Waals surface area contributed by atoms with Crippen LogP contribution in [-0.4, -0.2) is 41.2 Å². The number of rotatable bonds is 10. The van der Waals surface area contributed by atoms with Gasteiger partial charge in [0, 0.05) is 23.2 Å². The summed E-state index contributed by atoms with van der Waals surface area (Å²) in [5.41, 5.74) is 0.815. The van der Waals surface area contributed by atoms with Gasteiger partial charge in [-0.1, -0.05) is 39.0 Å². The normalized spacial score (nSPS) is 12.4. The summed E-state index contributed by atoms with van der Waals surface area (Å²) in [6.45, 7) is 8.56. The van der Waals surface area contributed by atoms with Gasteiger partial charge in [0.2, 0.25) is 21.8 Å². The number of benzene rings is 2. The average molecular weight is 515 g/mol. The minimum atomic E-state index is -4.07. The highest BCUT2D eigenvalue weighted by Crippen LogP contribution is 2.35. The maximum absolute atomic E-state index is 13.3. The SMILES string of the molecule is CC[C@@H](C)NS(=O)(=O)c1cc(NC(=O)C(C)C)ccc1Oc1c(C)c(C(=O)O)nn1-c1ccccc1. The molecular formula is C25H30N4O6S. The fraction of sp³-hybridized carbons (Fsp3) is 0.320. The first-order valence-electron chi connectivity index (χ1n) is 11.5. The van der Waals surface area contributed by atoms with Crippen molar-refractivity contribution in [2.24, 2.45) is 5.92 Å². The Hall–Kier alpha value is -3.70. The molecule has 1 aromatic heterocycles. The molecule has 0 aliphatic heterocycles. The Morgan fingerprint density at radius 2 is 1.78 bits per heavy atom. The third-order valence-corrected chi connectivity index (χ3v) is 7.08. The summed E-state index contributed by atoms with van der Waals surface area (Å²) in [5.74, 6) is -1.82. The molecule has 3 N–H and O–H groups in total. The molecule has 0 aliphatic carbocycles. The number of aromatic carboxylic acids is 1. The lowest BCUT2D eigenvalue weighted by atomic mass is 10.2. The minimum Gasteiger partial charge on any atom is -0.476 e. The second-order valence-corrected chi connectivity index (χ2v) is 10.4. The number of para-hydroxylation sites is 1. The monoisotopic (exact) mass is 514 g/mol. The molecule has 10 nitrogen and oxygen atoms in total. The molecule has 0 fully saturated rings. The van der Waals surface area contributed by atoms with E-state index in [1.165, 1.54) is 29.8 Å². The van der Waals surface area contributed by atoms with Crippen molar-refractivity contribution in [3.8, 4) is 17.3 Å². The van der Waals surface area contributed by atoms with Gasteiger partial charge in [-0.2, -0.15) is 9.78 Å². The van der Waals surface area contributed by atoms with Gasteiger partial charge in [-0.15, -0.1) is 0 Å². The molecular weight excluding hydrogens is 484 g/mol. The number of sulfonamides is 1. The van der Waals surface area contributed by atoms with Crippen molar-refractivity contribution >= 4 is 27.6 Å². The quantitative estimate of drug-likeness (QED) is 0.366. The second-order valence-electron chi connectivity index (χ2n) is 8.67. The molecule has 0 radical (unpaired) electrons. The molecule has 0 spiro atoms. The second kappa shape index (κ2) is 10.9. The molecule has 1 heterocycles. The van der Waals surface area contributed by atoms with Gasteiger partial charge < -0.3 is 15.2 Å². The van der Waals surface area contributed by atoms with Crippen molar-refractivity contribution in [2.75, 3.05) is 5.32 Å². The van der Waals surface area contributed by atoms with Crippen LogP contribution in [0.15, 0.2) is 53.4 Å².